The largest absolute Gasteiger partial charge is 0.478 e. The molecule has 19 heavy (non-hydrogen) atoms. The van der Waals surface area contributed by atoms with E-state index >= 15 is 0 Å². The van der Waals surface area contributed by atoms with Gasteiger partial charge < -0.3 is 9.84 Å². The van der Waals surface area contributed by atoms with E-state index in [9.17, 15) is 9.59 Å². The topological polar surface area (TPSA) is 63.6 Å². The van der Waals surface area contributed by atoms with Gasteiger partial charge in [0.15, 0.2) is 0 Å². The molecule has 2 unspecified atom stereocenters. The van der Waals surface area contributed by atoms with Gasteiger partial charge in [0.2, 0.25) is 0 Å². The van der Waals surface area contributed by atoms with Crippen LogP contribution in [-0.2, 0) is 4.74 Å². The van der Waals surface area contributed by atoms with Crippen molar-refractivity contribution in [1.82, 2.24) is 0 Å². The number of benzene rings is 1. The molecule has 0 aromatic heterocycles. The first-order chi connectivity index (χ1) is 9.08. The minimum atomic E-state index is -1.01. The summed E-state index contributed by atoms with van der Waals surface area (Å²) >= 11 is 0. The van der Waals surface area contributed by atoms with Crippen LogP contribution in [0.15, 0.2) is 36.4 Å². The first kappa shape index (κ1) is 13.3. The van der Waals surface area contributed by atoms with Crippen LogP contribution in [0.25, 0.3) is 0 Å². The molecule has 2 atom stereocenters. The lowest BCUT2D eigenvalue weighted by molar-refractivity contribution is 0.0271. The minimum Gasteiger partial charge on any atom is -0.478 e. The van der Waals surface area contributed by atoms with Crippen molar-refractivity contribution in [1.29, 1.82) is 0 Å². The van der Waals surface area contributed by atoms with Gasteiger partial charge in [-0.1, -0.05) is 13.0 Å². The Morgan fingerprint density at radius 3 is 2.42 bits per heavy atom. The molecule has 0 radical (unpaired) electrons. The molecule has 2 rings (SSSR count). The van der Waals surface area contributed by atoms with E-state index in [1.165, 1.54) is 24.3 Å². The highest BCUT2D eigenvalue weighted by Gasteiger charge is 2.21. The Labute approximate surface area is 111 Å². The molecule has 0 bridgehead atoms. The molecule has 100 valence electrons. The van der Waals surface area contributed by atoms with Crippen molar-refractivity contribution in [2.24, 2.45) is 5.92 Å². The Hall–Kier alpha value is -2.10. The third kappa shape index (κ3) is 3.22. The summed E-state index contributed by atoms with van der Waals surface area (Å²) < 4.78 is 5.42. The smallest absolute Gasteiger partial charge is 0.338 e. The maximum Gasteiger partial charge on any atom is 0.338 e. The second kappa shape index (κ2) is 5.69. The summed E-state index contributed by atoms with van der Waals surface area (Å²) in [7, 11) is 0. The molecule has 0 aliphatic heterocycles. The molecule has 1 aromatic carbocycles. The fourth-order valence-electron chi connectivity index (χ4n) is 2.04. The SMILES string of the molecule is CC1CCC=CC1OC(=O)c1ccc(C(=O)O)cc1. The van der Waals surface area contributed by atoms with Crippen molar-refractivity contribution >= 4 is 11.9 Å². The predicted molar refractivity (Wildman–Crippen MR) is 70.1 cm³/mol. The van der Waals surface area contributed by atoms with Crippen molar-refractivity contribution in [3.05, 3.63) is 47.5 Å². The number of hydrogen-bond acceptors (Lipinski definition) is 3. The average Bonchev–Trinajstić information content (AvgIpc) is 2.41. The maximum absolute atomic E-state index is 11.9. The number of hydrogen-bond donors (Lipinski definition) is 1. The minimum absolute atomic E-state index is 0.155. The molecule has 0 saturated heterocycles. The van der Waals surface area contributed by atoms with E-state index in [4.69, 9.17) is 9.84 Å². The van der Waals surface area contributed by atoms with Crippen LogP contribution >= 0.6 is 0 Å². The lowest BCUT2D eigenvalue weighted by Gasteiger charge is -2.24. The Kier molecular flexibility index (Phi) is 4.00. The van der Waals surface area contributed by atoms with Crippen LogP contribution in [0.5, 0.6) is 0 Å². The Morgan fingerprint density at radius 1 is 1.21 bits per heavy atom. The van der Waals surface area contributed by atoms with Crippen LogP contribution in [0.3, 0.4) is 0 Å². The fourth-order valence-corrected chi connectivity index (χ4v) is 2.04. The number of esters is 1. The highest BCUT2D eigenvalue weighted by atomic mass is 16.5. The van der Waals surface area contributed by atoms with Gasteiger partial charge in [-0.25, -0.2) is 9.59 Å². The zero-order valence-corrected chi connectivity index (χ0v) is 10.7. The monoisotopic (exact) mass is 260 g/mol. The van der Waals surface area contributed by atoms with Crippen LogP contribution < -0.4 is 0 Å². The average molecular weight is 260 g/mol. The van der Waals surface area contributed by atoms with Crippen LogP contribution in [0.1, 0.15) is 40.5 Å². The molecule has 0 spiro atoms. The lowest BCUT2D eigenvalue weighted by Crippen LogP contribution is -2.25. The summed E-state index contributed by atoms with van der Waals surface area (Å²) in [4.78, 5) is 22.7. The van der Waals surface area contributed by atoms with Crippen molar-refractivity contribution in [2.75, 3.05) is 0 Å². The molecule has 1 N–H and O–H groups in total. The summed E-state index contributed by atoms with van der Waals surface area (Å²) in [6.07, 6.45) is 5.76. The van der Waals surface area contributed by atoms with Crippen LogP contribution in [0.2, 0.25) is 0 Å². The van der Waals surface area contributed by atoms with Gasteiger partial charge in [-0.05, 0) is 49.1 Å². The molecule has 0 fully saturated rings. The van der Waals surface area contributed by atoms with Gasteiger partial charge in [0, 0.05) is 0 Å². The van der Waals surface area contributed by atoms with Crippen molar-refractivity contribution in [3.63, 3.8) is 0 Å². The van der Waals surface area contributed by atoms with E-state index in [0.717, 1.165) is 12.8 Å². The van der Waals surface area contributed by atoms with E-state index in [2.05, 4.69) is 6.92 Å². The molecule has 1 aliphatic rings. The normalized spacial score (nSPS) is 21.9. The Morgan fingerprint density at radius 2 is 1.84 bits per heavy atom. The van der Waals surface area contributed by atoms with E-state index < -0.39 is 11.9 Å². The third-order valence-electron chi connectivity index (χ3n) is 3.29. The summed E-state index contributed by atoms with van der Waals surface area (Å²) in [5.74, 6) is -1.11. The number of allylic oxidation sites excluding steroid dienone is 1. The molecular formula is C15H16O4. The number of ether oxygens (including phenoxy) is 1. The van der Waals surface area contributed by atoms with E-state index in [1.54, 1.807) is 0 Å². The van der Waals surface area contributed by atoms with Gasteiger partial charge in [0.1, 0.15) is 6.10 Å². The highest BCUT2D eigenvalue weighted by Crippen LogP contribution is 2.22. The summed E-state index contributed by atoms with van der Waals surface area (Å²) in [5.41, 5.74) is 0.527. The third-order valence-corrected chi connectivity index (χ3v) is 3.29. The van der Waals surface area contributed by atoms with Crippen LogP contribution in [0, 0.1) is 5.92 Å². The molecule has 4 heteroatoms. The van der Waals surface area contributed by atoms with Crippen molar-refractivity contribution in [3.8, 4) is 0 Å². The number of carbonyl (C=O) groups is 2. The zero-order valence-electron chi connectivity index (χ0n) is 10.7. The summed E-state index contributed by atoms with van der Waals surface area (Å²) in [5, 5.41) is 8.78. The molecular weight excluding hydrogens is 244 g/mol. The summed E-state index contributed by atoms with van der Waals surface area (Å²) in [6.45, 7) is 2.05. The standard InChI is InChI=1S/C15H16O4/c1-10-4-2-3-5-13(10)19-15(18)12-8-6-11(7-9-12)14(16)17/h3,5-10,13H,2,4H2,1H3,(H,16,17). The number of carboxylic acids is 1. The quantitative estimate of drug-likeness (QED) is 0.670. The lowest BCUT2D eigenvalue weighted by atomic mass is 9.93. The fraction of sp³-hybridized carbons (Fsp3) is 0.333. The number of aromatic carboxylic acids is 1. The second-order valence-corrected chi connectivity index (χ2v) is 4.74. The number of rotatable bonds is 3. The molecule has 1 aromatic rings. The van der Waals surface area contributed by atoms with Gasteiger partial charge in [0.05, 0.1) is 11.1 Å². The Bertz CT molecular complexity index is 501. The molecule has 0 saturated carbocycles. The van der Waals surface area contributed by atoms with Gasteiger partial charge in [-0.2, -0.15) is 0 Å². The van der Waals surface area contributed by atoms with Gasteiger partial charge in [0.25, 0.3) is 0 Å². The van der Waals surface area contributed by atoms with Gasteiger partial charge in [-0.15, -0.1) is 0 Å². The van der Waals surface area contributed by atoms with Crippen LogP contribution in [0.4, 0.5) is 0 Å². The van der Waals surface area contributed by atoms with E-state index in [-0.39, 0.29) is 11.7 Å². The van der Waals surface area contributed by atoms with Crippen LogP contribution in [-0.4, -0.2) is 23.1 Å². The van der Waals surface area contributed by atoms with Crippen molar-refractivity contribution < 1.29 is 19.4 Å². The number of carbonyl (C=O) groups excluding carboxylic acids is 1. The highest BCUT2D eigenvalue weighted by molar-refractivity contribution is 5.92. The predicted octanol–water partition coefficient (Wildman–Crippen LogP) is 2.90. The maximum atomic E-state index is 11.9. The first-order valence-electron chi connectivity index (χ1n) is 6.29. The second-order valence-electron chi connectivity index (χ2n) is 4.74. The van der Waals surface area contributed by atoms with Gasteiger partial charge >= 0.3 is 11.9 Å². The molecule has 1 aliphatic carbocycles. The molecule has 4 nitrogen and oxygen atoms in total. The molecule has 0 heterocycles. The zero-order chi connectivity index (χ0) is 13.8. The number of carboxylic acid groups (broad SMARTS) is 1. The van der Waals surface area contributed by atoms with E-state index in [0.29, 0.717) is 11.5 Å². The molecule has 0 amide bonds. The Balaban J connectivity index is 2.05. The van der Waals surface area contributed by atoms with E-state index in [1.807, 2.05) is 12.2 Å². The summed E-state index contributed by atoms with van der Waals surface area (Å²) in [6, 6.07) is 5.75. The first-order valence-corrected chi connectivity index (χ1v) is 6.29. The van der Waals surface area contributed by atoms with Gasteiger partial charge in [-0.3, -0.25) is 0 Å². The van der Waals surface area contributed by atoms with Crippen molar-refractivity contribution in [2.45, 2.75) is 25.9 Å².